The lowest BCUT2D eigenvalue weighted by Crippen LogP contribution is -2.18. The van der Waals surface area contributed by atoms with Gasteiger partial charge in [0.15, 0.2) is 0 Å². The van der Waals surface area contributed by atoms with Crippen molar-refractivity contribution in [3.05, 3.63) is 35.4 Å². The van der Waals surface area contributed by atoms with Crippen LogP contribution in [-0.2, 0) is 14.4 Å². The lowest BCUT2D eigenvalue weighted by molar-refractivity contribution is -0.147. The van der Waals surface area contributed by atoms with Crippen LogP contribution >= 0.6 is 0 Å². The molecule has 5 nitrogen and oxygen atoms in total. The highest BCUT2D eigenvalue weighted by atomic mass is 16.6. The molecule has 0 N–H and O–H groups in total. The van der Waals surface area contributed by atoms with Crippen LogP contribution in [-0.4, -0.2) is 24.4 Å². The average molecular weight is 286 g/mol. The predicted molar refractivity (Wildman–Crippen MR) is 77.6 cm³/mol. The largest absolute Gasteiger partial charge is 0.465 e. The molecule has 0 aliphatic carbocycles. The van der Waals surface area contributed by atoms with E-state index in [9.17, 15) is 4.79 Å². The Kier molecular flexibility index (Phi) is 4.94. The predicted octanol–water partition coefficient (Wildman–Crippen LogP) is 2.64. The van der Waals surface area contributed by atoms with Gasteiger partial charge in [-0.1, -0.05) is 31.1 Å². The number of carbonyl (C=O) groups excluding carboxylic acids is 1. The minimum Gasteiger partial charge on any atom is -0.465 e. The average Bonchev–Trinajstić information content (AvgIpc) is 2.93. The summed E-state index contributed by atoms with van der Waals surface area (Å²) in [4.78, 5) is 16.9. The first kappa shape index (κ1) is 15.0. The molecule has 5 heteroatoms. The Balaban J connectivity index is 1.85. The number of ether oxygens (including phenoxy) is 1. The van der Waals surface area contributed by atoms with E-state index >= 15 is 0 Å². The summed E-state index contributed by atoms with van der Waals surface area (Å²) in [6.45, 7) is 4.41. The van der Waals surface area contributed by atoms with E-state index in [4.69, 9.17) is 14.8 Å². The number of hydrogen-bond donors (Lipinski definition) is 0. The molecule has 0 saturated heterocycles. The highest BCUT2D eigenvalue weighted by Crippen LogP contribution is 2.19. The first-order chi connectivity index (χ1) is 10.1. The lowest BCUT2D eigenvalue weighted by Gasteiger charge is -2.09. The summed E-state index contributed by atoms with van der Waals surface area (Å²) in [5, 5.41) is 12.8. The number of rotatable bonds is 5. The molecule has 0 amide bonds. The third-order valence-corrected chi connectivity index (χ3v) is 3.05. The first-order valence-electron chi connectivity index (χ1n) is 6.97. The second kappa shape index (κ2) is 6.89. The highest BCUT2D eigenvalue weighted by Gasteiger charge is 2.25. The second-order valence-electron chi connectivity index (χ2n) is 5.44. The Morgan fingerprint density at radius 1 is 1.48 bits per heavy atom. The summed E-state index contributed by atoms with van der Waals surface area (Å²) in [5.41, 5.74) is 2.31. The van der Waals surface area contributed by atoms with Gasteiger partial charge in [0.1, 0.15) is 6.10 Å². The number of nitrogens with zero attached hydrogens (tertiary/aromatic N) is 2. The van der Waals surface area contributed by atoms with Gasteiger partial charge in [-0.3, -0.25) is 4.79 Å². The smallest absolute Gasteiger partial charge is 0.309 e. The van der Waals surface area contributed by atoms with Crippen molar-refractivity contribution in [2.24, 2.45) is 11.1 Å². The van der Waals surface area contributed by atoms with E-state index in [-0.39, 0.29) is 18.5 Å². The zero-order valence-electron chi connectivity index (χ0n) is 12.2. The van der Waals surface area contributed by atoms with E-state index in [0.29, 0.717) is 24.5 Å². The van der Waals surface area contributed by atoms with Crippen LogP contribution < -0.4 is 0 Å². The van der Waals surface area contributed by atoms with Gasteiger partial charge >= 0.3 is 5.97 Å². The van der Waals surface area contributed by atoms with E-state index in [0.717, 1.165) is 11.3 Å². The quantitative estimate of drug-likeness (QED) is 0.780. The van der Waals surface area contributed by atoms with Crippen molar-refractivity contribution >= 4 is 11.7 Å². The topological polar surface area (TPSA) is 71.7 Å². The number of carbonyl (C=O) groups is 1. The number of benzene rings is 1. The molecule has 0 saturated carbocycles. The molecule has 0 fully saturated rings. The van der Waals surface area contributed by atoms with Crippen LogP contribution in [0.15, 0.2) is 29.4 Å². The van der Waals surface area contributed by atoms with Gasteiger partial charge in [0.25, 0.3) is 0 Å². The Morgan fingerprint density at radius 3 is 2.81 bits per heavy atom. The van der Waals surface area contributed by atoms with Gasteiger partial charge in [0.05, 0.1) is 30.4 Å². The maximum absolute atomic E-state index is 11.6. The zero-order valence-corrected chi connectivity index (χ0v) is 12.2. The van der Waals surface area contributed by atoms with Crippen LogP contribution in [0.2, 0.25) is 0 Å². The fourth-order valence-electron chi connectivity index (χ4n) is 1.95. The van der Waals surface area contributed by atoms with Crippen molar-refractivity contribution in [1.82, 2.24) is 0 Å². The van der Waals surface area contributed by atoms with Crippen LogP contribution in [0.5, 0.6) is 0 Å². The molecular weight excluding hydrogens is 268 g/mol. The molecule has 1 aromatic carbocycles. The fourth-order valence-corrected chi connectivity index (χ4v) is 1.95. The van der Waals surface area contributed by atoms with E-state index in [1.165, 1.54) is 0 Å². The molecule has 0 unspecified atom stereocenters. The number of oxime groups is 1. The summed E-state index contributed by atoms with van der Waals surface area (Å²) in [7, 11) is 0. The molecule has 1 aromatic rings. The van der Waals surface area contributed by atoms with Gasteiger partial charge in [-0.05, 0) is 23.6 Å². The van der Waals surface area contributed by atoms with Gasteiger partial charge in [-0.25, -0.2) is 0 Å². The molecular formula is C16H18N2O3. The van der Waals surface area contributed by atoms with Crippen molar-refractivity contribution in [1.29, 1.82) is 5.26 Å². The molecule has 0 bridgehead atoms. The van der Waals surface area contributed by atoms with E-state index in [2.05, 4.69) is 11.2 Å². The minimum atomic E-state index is -0.268. The number of hydrogen-bond acceptors (Lipinski definition) is 5. The minimum absolute atomic E-state index is 0.204. The van der Waals surface area contributed by atoms with E-state index < -0.39 is 0 Å². The van der Waals surface area contributed by atoms with Crippen molar-refractivity contribution in [3.63, 3.8) is 0 Å². The molecule has 21 heavy (non-hydrogen) atoms. The molecule has 1 aliphatic heterocycles. The zero-order chi connectivity index (χ0) is 15.2. The SMILES string of the molecule is CC(C)COC(=O)C[C@@H]1CC(c2ccc(C#N)cc2)=NO1. The number of nitriles is 1. The van der Waals surface area contributed by atoms with Crippen molar-refractivity contribution in [2.75, 3.05) is 6.61 Å². The van der Waals surface area contributed by atoms with Crippen molar-refractivity contribution in [3.8, 4) is 6.07 Å². The Labute approximate surface area is 124 Å². The Bertz CT molecular complexity index is 570. The van der Waals surface area contributed by atoms with Gasteiger partial charge in [0.2, 0.25) is 0 Å². The van der Waals surface area contributed by atoms with Crippen LogP contribution in [0.4, 0.5) is 0 Å². The molecule has 2 rings (SSSR count). The lowest BCUT2D eigenvalue weighted by atomic mass is 10.0. The summed E-state index contributed by atoms with van der Waals surface area (Å²) >= 11 is 0. The summed E-state index contributed by atoms with van der Waals surface area (Å²) in [6, 6.07) is 9.21. The summed E-state index contributed by atoms with van der Waals surface area (Å²) in [6.07, 6.45) is 0.508. The highest BCUT2D eigenvalue weighted by molar-refractivity contribution is 6.01. The van der Waals surface area contributed by atoms with Crippen molar-refractivity contribution in [2.45, 2.75) is 32.8 Å². The standard InChI is InChI=1S/C16H18N2O3/c1-11(2)10-20-16(19)8-14-7-15(18-21-14)13-5-3-12(9-17)4-6-13/h3-6,11,14H,7-8,10H2,1-2H3/t14-/m0/s1. The Morgan fingerprint density at radius 2 is 2.19 bits per heavy atom. The molecule has 1 atom stereocenters. The van der Waals surface area contributed by atoms with E-state index in [1.807, 2.05) is 26.0 Å². The van der Waals surface area contributed by atoms with Gasteiger partial charge in [-0.2, -0.15) is 5.26 Å². The monoisotopic (exact) mass is 286 g/mol. The maximum atomic E-state index is 11.6. The van der Waals surface area contributed by atoms with Crippen LogP contribution in [0.25, 0.3) is 0 Å². The number of esters is 1. The molecule has 0 radical (unpaired) electrons. The maximum Gasteiger partial charge on any atom is 0.309 e. The molecule has 110 valence electrons. The molecule has 1 heterocycles. The van der Waals surface area contributed by atoms with Crippen LogP contribution in [0, 0.1) is 17.2 Å². The van der Waals surface area contributed by atoms with E-state index in [1.54, 1.807) is 12.1 Å². The first-order valence-corrected chi connectivity index (χ1v) is 6.97. The third-order valence-electron chi connectivity index (χ3n) is 3.05. The van der Waals surface area contributed by atoms with Crippen molar-refractivity contribution < 1.29 is 14.4 Å². The fraction of sp³-hybridized carbons (Fsp3) is 0.438. The second-order valence-corrected chi connectivity index (χ2v) is 5.44. The third kappa shape index (κ3) is 4.32. The summed E-state index contributed by atoms with van der Waals surface area (Å²) < 4.78 is 5.13. The van der Waals surface area contributed by atoms with Crippen LogP contribution in [0.1, 0.15) is 37.8 Å². The van der Waals surface area contributed by atoms with Gasteiger partial charge < -0.3 is 9.57 Å². The molecule has 1 aliphatic rings. The Hall–Kier alpha value is -2.35. The van der Waals surface area contributed by atoms with Gasteiger partial charge in [-0.15, -0.1) is 0 Å². The normalized spacial score (nSPS) is 17.0. The molecule has 0 aromatic heterocycles. The van der Waals surface area contributed by atoms with Crippen LogP contribution in [0.3, 0.4) is 0 Å². The summed E-state index contributed by atoms with van der Waals surface area (Å²) in [5.74, 6) is 0.0638. The van der Waals surface area contributed by atoms with Gasteiger partial charge in [0, 0.05) is 6.42 Å². The molecule has 0 spiro atoms.